The Bertz CT molecular complexity index is 802. The third kappa shape index (κ3) is 3.68. The van der Waals surface area contributed by atoms with Crippen molar-refractivity contribution in [2.75, 3.05) is 37.6 Å². The van der Waals surface area contributed by atoms with Crippen LogP contribution in [0.15, 0.2) is 48.5 Å². The Labute approximate surface area is 159 Å². The summed E-state index contributed by atoms with van der Waals surface area (Å²) in [4.78, 5) is 17.0. The first-order chi connectivity index (χ1) is 13.1. The second kappa shape index (κ2) is 7.66. The molecule has 2 N–H and O–H groups in total. The van der Waals surface area contributed by atoms with E-state index >= 15 is 0 Å². The molecular formula is C21H25FN4O. The van der Waals surface area contributed by atoms with Crippen molar-refractivity contribution in [3.63, 3.8) is 0 Å². The number of nitrogens with zero attached hydrogens (tertiary/aromatic N) is 2. The smallest absolute Gasteiger partial charge is 0.229 e. The number of aryl methyl sites for hydroxylation is 1. The highest BCUT2D eigenvalue weighted by atomic mass is 19.1. The van der Waals surface area contributed by atoms with Gasteiger partial charge in [0, 0.05) is 32.7 Å². The van der Waals surface area contributed by atoms with Crippen LogP contribution in [0.1, 0.15) is 17.2 Å². The fourth-order valence-corrected chi connectivity index (χ4v) is 3.93. The molecule has 2 aliphatic heterocycles. The highest BCUT2D eigenvalue weighted by molar-refractivity contribution is 5.80. The zero-order valence-corrected chi connectivity index (χ0v) is 15.5. The van der Waals surface area contributed by atoms with Crippen molar-refractivity contribution in [1.82, 2.24) is 15.8 Å². The molecule has 2 heterocycles. The second-order valence-corrected chi connectivity index (χ2v) is 7.28. The number of anilines is 1. The van der Waals surface area contributed by atoms with E-state index in [1.807, 2.05) is 15.9 Å². The Hall–Kier alpha value is -2.44. The molecule has 2 aromatic carbocycles. The van der Waals surface area contributed by atoms with Crippen molar-refractivity contribution in [2.24, 2.45) is 5.92 Å². The van der Waals surface area contributed by atoms with Gasteiger partial charge in [-0.2, -0.15) is 0 Å². The summed E-state index contributed by atoms with van der Waals surface area (Å²) in [5.41, 5.74) is 9.33. The minimum absolute atomic E-state index is 0.0253. The Morgan fingerprint density at radius 3 is 2.44 bits per heavy atom. The third-order valence-corrected chi connectivity index (χ3v) is 5.52. The summed E-state index contributed by atoms with van der Waals surface area (Å²) < 4.78 is 14.0. The maximum atomic E-state index is 14.0. The maximum absolute atomic E-state index is 14.0. The molecule has 0 bridgehead atoms. The van der Waals surface area contributed by atoms with Crippen LogP contribution in [0.5, 0.6) is 0 Å². The first-order valence-electron chi connectivity index (χ1n) is 9.47. The number of carbonyl (C=O) groups excluding carboxylic acids is 1. The van der Waals surface area contributed by atoms with Gasteiger partial charge in [-0.3, -0.25) is 10.2 Å². The molecule has 27 heavy (non-hydrogen) atoms. The summed E-state index contributed by atoms with van der Waals surface area (Å²) >= 11 is 0. The molecule has 0 aliphatic carbocycles. The van der Waals surface area contributed by atoms with Crippen LogP contribution in [0.2, 0.25) is 0 Å². The van der Waals surface area contributed by atoms with Crippen LogP contribution in [-0.2, 0) is 4.79 Å². The van der Waals surface area contributed by atoms with Crippen molar-refractivity contribution in [1.29, 1.82) is 0 Å². The maximum Gasteiger partial charge on any atom is 0.229 e. The number of halogens is 1. The first kappa shape index (κ1) is 17.9. The van der Waals surface area contributed by atoms with Crippen molar-refractivity contribution >= 4 is 11.6 Å². The van der Waals surface area contributed by atoms with Gasteiger partial charge in [0.05, 0.1) is 17.6 Å². The number of hydrogen-bond acceptors (Lipinski definition) is 4. The number of benzene rings is 2. The van der Waals surface area contributed by atoms with Gasteiger partial charge in [-0.25, -0.2) is 9.82 Å². The molecule has 0 aromatic heterocycles. The Morgan fingerprint density at radius 2 is 1.74 bits per heavy atom. The van der Waals surface area contributed by atoms with E-state index in [1.165, 1.54) is 11.6 Å². The first-order valence-corrected chi connectivity index (χ1v) is 9.47. The van der Waals surface area contributed by atoms with Crippen molar-refractivity contribution in [3.05, 3.63) is 65.5 Å². The summed E-state index contributed by atoms with van der Waals surface area (Å²) in [5.74, 6) is -0.181. The molecule has 142 valence electrons. The van der Waals surface area contributed by atoms with Crippen molar-refractivity contribution < 1.29 is 9.18 Å². The van der Waals surface area contributed by atoms with Gasteiger partial charge < -0.3 is 9.80 Å². The van der Waals surface area contributed by atoms with Gasteiger partial charge in [-0.1, -0.05) is 42.0 Å². The predicted molar refractivity (Wildman–Crippen MR) is 104 cm³/mol. The summed E-state index contributed by atoms with van der Waals surface area (Å²) in [5, 5.41) is 0. The third-order valence-electron chi connectivity index (χ3n) is 5.52. The van der Waals surface area contributed by atoms with Gasteiger partial charge in [0.2, 0.25) is 5.91 Å². The standard InChI is InChI=1S/C21H25FN4O/c1-15-6-8-16(9-7-15)20-17(14-23-24-20)21(27)26-12-10-25(11-13-26)19-5-3-2-4-18(19)22/h2-9,17,20,23-24H,10-14H2,1H3. The average Bonchev–Trinajstić information content (AvgIpc) is 3.18. The number of piperazine rings is 1. The highest BCUT2D eigenvalue weighted by Gasteiger charge is 2.37. The number of rotatable bonds is 3. The lowest BCUT2D eigenvalue weighted by molar-refractivity contribution is -0.135. The monoisotopic (exact) mass is 368 g/mol. The topological polar surface area (TPSA) is 47.6 Å². The fraction of sp³-hybridized carbons (Fsp3) is 0.381. The van der Waals surface area contributed by atoms with E-state index in [9.17, 15) is 9.18 Å². The average molecular weight is 368 g/mol. The van der Waals surface area contributed by atoms with Crippen molar-refractivity contribution in [3.8, 4) is 0 Å². The molecule has 5 nitrogen and oxygen atoms in total. The largest absolute Gasteiger partial charge is 0.366 e. The zero-order valence-electron chi connectivity index (χ0n) is 15.5. The molecule has 2 saturated heterocycles. The minimum atomic E-state index is -0.207. The quantitative estimate of drug-likeness (QED) is 0.873. The summed E-state index contributed by atoms with van der Waals surface area (Å²) in [7, 11) is 0. The van der Waals surface area contributed by atoms with E-state index in [-0.39, 0.29) is 23.7 Å². The fourth-order valence-electron chi connectivity index (χ4n) is 3.93. The van der Waals surface area contributed by atoms with Crippen LogP contribution in [-0.4, -0.2) is 43.5 Å². The zero-order chi connectivity index (χ0) is 18.8. The van der Waals surface area contributed by atoms with E-state index in [0.29, 0.717) is 38.4 Å². The summed E-state index contributed by atoms with van der Waals surface area (Å²) in [6.07, 6.45) is 0. The number of hydrogen-bond donors (Lipinski definition) is 2. The van der Waals surface area contributed by atoms with Gasteiger partial charge in [-0.15, -0.1) is 0 Å². The van der Waals surface area contributed by atoms with Gasteiger partial charge >= 0.3 is 0 Å². The van der Waals surface area contributed by atoms with Crippen molar-refractivity contribution in [2.45, 2.75) is 13.0 Å². The molecule has 2 atom stereocenters. The van der Waals surface area contributed by atoms with Gasteiger partial charge in [0.25, 0.3) is 0 Å². The van der Waals surface area contributed by atoms with Gasteiger partial charge in [-0.05, 0) is 24.6 Å². The van der Waals surface area contributed by atoms with Crippen LogP contribution >= 0.6 is 0 Å². The lowest BCUT2D eigenvalue weighted by Crippen LogP contribution is -2.51. The van der Waals surface area contributed by atoms with E-state index in [0.717, 1.165) is 5.56 Å². The Kier molecular flexibility index (Phi) is 5.09. The molecule has 4 rings (SSSR count). The highest BCUT2D eigenvalue weighted by Crippen LogP contribution is 2.28. The summed E-state index contributed by atoms with van der Waals surface area (Å²) in [6, 6.07) is 15.1. The lowest BCUT2D eigenvalue weighted by Gasteiger charge is -2.37. The van der Waals surface area contributed by atoms with Gasteiger partial charge in [0.15, 0.2) is 0 Å². The van der Waals surface area contributed by atoms with E-state index in [1.54, 1.807) is 12.1 Å². The number of nitrogens with one attached hydrogen (secondary N) is 2. The van der Waals surface area contributed by atoms with E-state index in [2.05, 4.69) is 42.0 Å². The summed E-state index contributed by atoms with van der Waals surface area (Å²) in [6.45, 7) is 5.20. The molecular weight excluding hydrogens is 343 g/mol. The van der Waals surface area contributed by atoms with Crippen LogP contribution in [0.4, 0.5) is 10.1 Å². The molecule has 2 unspecified atom stereocenters. The van der Waals surface area contributed by atoms with Gasteiger partial charge in [0.1, 0.15) is 5.82 Å². The molecule has 2 aliphatic rings. The van der Waals surface area contributed by atoms with E-state index < -0.39 is 0 Å². The number of hydrazine groups is 1. The molecule has 1 amide bonds. The Morgan fingerprint density at radius 1 is 1.04 bits per heavy atom. The number of amides is 1. The molecule has 2 aromatic rings. The second-order valence-electron chi connectivity index (χ2n) is 7.28. The van der Waals surface area contributed by atoms with Crippen LogP contribution in [0.25, 0.3) is 0 Å². The molecule has 0 radical (unpaired) electrons. The molecule has 0 saturated carbocycles. The SMILES string of the molecule is Cc1ccc(C2NNCC2C(=O)N2CCN(c3ccccc3F)CC2)cc1. The van der Waals surface area contributed by atoms with Crippen LogP contribution < -0.4 is 15.8 Å². The Balaban J connectivity index is 1.41. The molecule has 6 heteroatoms. The number of carbonyl (C=O) groups is 1. The minimum Gasteiger partial charge on any atom is -0.366 e. The number of para-hydroxylation sites is 1. The van der Waals surface area contributed by atoms with Crippen LogP contribution in [0, 0.1) is 18.7 Å². The lowest BCUT2D eigenvalue weighted by atomic mass is 9.93. The normalized spacial score (nSPS) is 22.9. The molecule has 0 spiro atoms. The predicted octanol–water partition coefficient (Wildman–Crippen LogP) is 2.25. The van der Waals surface area contributed by atoms with Crippen LogP contribution in [0.3, 0.4) is 0 Å². The van der Waals surface area contributed by atoms with E-state index in [4.69, 9.17) is 0 Å². The molecule has 2 fully saturated rings.